The van der Waals surface area contributed by atoms with Crippen molar-refractivity contribution in [3.8, 4) is 22.5 Å². The molecule has 162 valence electrons. The highest BCUT2D eigenvalue weighted by Crippen LogP contribution is 2.37. The van der Waals surface area contributed by atoms with E-state index in [0.29, 0.717) is 34.0 Å². The van der Waals surface area contributed by atoms with E-state index >= 15 is 0 Å². The minimum atomic E-state index is -1.18. The summed E-state index contributed by atoms with van der Waals surface area (Å²) in [4.78, 5) is 15.8. The first kappa shape index (κ1) is 22.4. The molecule has 0 spiro atoms. The summed E-state index contributed by atoms with van der Waals surface area (Å²) in [6, 6.07) is 11.9. The van der Waals surface area contributed by atoms with E-state index in [4.69, 9.17) is 10.1 Å². The molecule has 0 amide bonds. The molecule has 2 N–H and O–H groups in total. The van der Waals surface area contributed by atoms with Crippen molar-refractivity contribution in [2.24, 2.45) is 0 Å². The van der Waals surface area contributed by atoms with Gasteiger partial charge in [0.1, 0.15) is 17.5 Å². The molecule has 0 saturated heterocycles. The van der Waals surface area contributed by atoms with E-state index in [1.807, 2.05) is 18.4 Å². The number of aliphatic hydroxyl groups is 1. The molecule has 2 aromatic carbocycles. The molecule has 3 aromatic rings. The molecule has 1 aromatic heterocycles. The Morgan fingerprint density at radius 3 is 2.03 bits per heavy atom. The van der Waals surface area contributed by atoms with E-state index in [0.717, 1.165) is 0 Å². The second-order valence-electron chi connectivity index (χ2n) is 7.64. The highest BCUT2D eigenvalue weighted by Gasteiger charge is 2.23. The Morgan fingerprint density at radius 1 is 1.03 bits per heavy atom. The van der Waals surface area contributed by atoms with Gasteiger partial charge in [0.2, 0.25) is 0 Å². The molecule has 1 atom stereocenters. The highest BCUT2D eigenvalue weighted by atomic mass is 19.1. The van der Waals surface area contributed by atoms with Gasteiger partial charge in [0.25, 0.3) is 0 Å². The van der Waals surface area contributed by atoms with Gasteiger partial charge < -0.3 is 10.2 Å². The quantitative estimate of drug-likeness (QED) is 0.537. The Bertz CT molecular complexity index is 1100. The van der Waals surface area contributed by atoms with Gasteiger partial charge >= 0.3 is 5.97 Å². The van der Waals surface area contributed by atoms with Gasteiger partial charge in [-0.25, -0.2) is 13.8 Å². The van der Waals surface area contributed by atoms with Crippen LogP contribution in [0.15, 0.2) is 54.6 Å². The minimum absolute atomic E-state index is 0.0200. The van der Waals surface area contributed by atoms with Crippen LogP contribution < -0.4 is 0 Å². The third-order valence-electron chi connectivity index (χ3n) is 4.83. The molecule has 0 fully saturated rings. The van der Waals surface area contributed by atoms with E-state index in [1.165, 1.54) is 30.3 Å². The van der Waals surface area contributed by atoms with Crippen LogP contribution in [-0.2, 0) is 4.79 Å². The summed E-state index contributed by atoms with van der Waals surface area (Å²) < 4.78 is 28.9. The molecule has 0 aliphatic heterocycles. The number of hydrogen-bond acceptors (Lipinski definition) is 3. The van der Waals surface area contributed by atoms with Crippen molar-refractivity contribution in [1.29, 1.82) is 0 Å². The normalized spacial score (nSPS) is 12.9. The first-order valence-corrected chi connectivity index (χ1v) is 9.90. The Morgan fingerprint density at radius 2 is 1.55 bits per heavy atom. The van der Waals surface area contributed by atoms with Crippen molar-refractivity contribution in [2.45, 2.75) is 39.2 Å². The van der Waals surface area contributed by atoms with Crippen LogP contribution in [0.25, 0.3) is 28.2 Å². The van der Waals surface area contributed by atoms with Crippen molar-refractivity contribution in [3.05, 3.63) is 72.1 Å². The molecule has 0 aliphatic carbocycles. The predicted molar refractivity (Wildman–Crippen MR) is 115 cm³/mol. The van der Waals surface area contributed by atoms with Crippen LogP contribution in [0.3, 0.4) is 0 Å². The molecule has 1 heterocycles. The average molecular weight is 426 g/mol. The Labute approximate surface area is 179 Å². The number of rotatable bonds is 7. The van der Waals surface area contributed by atoms with E-state index < -0.39 is 18.5 Å². The van der Waals surface area contributed by atoms with Crippen LogP contribution in [0.5, 0.6) is 0 Å². The Balaban J connectivity index is 2.29. The van der Waals surface area contributed by atoms with Crippen LogP contribution in [0.4, 0.5) is 8.78 Å². The fraction of sp³-hybridized carbons (Fsp3) is 0.250. The number of benzene rings is 2. The minimum Gasteiger partial charge on any atom is -0.481 e. The third-order valence-corrected chi connectivity index (χ3v) is 4.83. The lowest BCUT2D eigenvalue weighted by molar-refractivity contribution is -0.138. The van der Waals surface area contributed by atoms with Crippen LogP contribution in [0.2, 0.25) is 0 Å². The molecule has 5 nitrogen and oxygen atoms in total. The predicted octanol–water partition coefficient (Wildman–Crippen LogP) is 5.32. The second kappa shape index (κ2) is 9.22. The Hall–Kier alpha value is -3.32. The number of halogens is 2. The summed E-state index contributed by atoms with van der Waals surface area (Å²) in [7, 11) is 0. The summed E-state index contributed by atoms with van der Waals surface area (Å²) in [6.07, 6.45) is -0.154. The number of imidazole rings is 1. The number of carbonyl (C=O) groups is 1. The topological polar surface area (TPSA) is 75.3 Å². The number of carboxylic acids is 1. The van der Waals surface area contributed by atoms with Crippen molar-refractivity contribution in [3.63, 3.8) is 0 Å². The second-order valence-corrected chi connectivity index (χ2v) is 7.64. The zero-order valence-corrected chi connectivity index (χ0v) is 17.5. The number of allylic oxidation sites excluding steroid dienone is 1. The van der Waals surface area contributed by atoms with Crippen LogP contribution >= 0.6 is 0 Å². The SMILES string of the molecule is C/C(=C\[C@@H](O)CC(=O)O)n1c(C(C)C)nc(-c2ccc(F)cc2)c1-c1ccc(F)cc1. The fourth-order valence-electron chi connectivity index (χ4n) is 3.46. The van der Waals surface area contributed by atoms with Gasteiger partial charge in [-0.05, 0) is 61.5 Å². The molecule has 0 saturated carbocycles. The summed E-state index contributed by atoms with van der Waals surface area (Å²) in [5.41, 5.74) is 3.17. The summed E-state index contributed by atoms with van der Waals surface area (Å²) in [6.45, 7) is 5.67. The molecule has 0 unspecified atom stereocenters. The van der Waals surface area contributed by atoms with E-state index in [9.17, 15) is 18.7 Å². The lowest BCUT2D eigenvalue weighted by atomic mass is 10.0. The molecule has 7 heteroatoms. The van der Waals surface area contributed by atoms with Gasteiger partial charge in [-0.2, -0.15) is 0 Å². The van der Waals surface area contributed by atoms with Crippen LogP contribution in [0, 0.1) is 11.6 Å². The van der Waals surface area contributed by atoms with E-state index in [2.05, 4.69) is 0 Å². The fourth-order valence-corrected chi connectivity index (χ4v) is 3.46. The Kier molecular flexibility index (Phi) is 6.65. The zero-order chi connectivity index (χ0) is 22.7. The van der Waals surface area contributed by atoms with Crippen molar-refractivity contribution >= 4 is 11.7 Å². The summed E-state index contributed by atoms with van der Waals surface area (Å²) in [5, 5.41) is 19.1. The maximum atomic E-state index is 13.6. The highest BCUT2D eigenvalue weighted by molar-refractivity contribution is 5.82. The van der Waals surface area contributed by atoms with Crippen molar-refractivity contribution < 1.29 is 23.8 Å². The number of hydrogen-bond donors (Lipinski definition) is 2. The number of aliphatic carboxylic acids is 1. The first-order valence-electron chi connectivity index (χ1n) is 9.90. The molecular weight excluding hydrogens is 402 g/mol. The largest absolute Gasteiger partial charge is 0.481 e. The molecule has 3 rings (SSSR count). The van der Waals surface area contributed by atoms with Crippen molar-refractivity contribution in [1.82, 2.24) is 9.55 Å². The van der Waals surface area contributed by atoms with Gasteiger partial charge in [-0.3, -0.25) is 9.36 Å². The van der Waals surface area contributed by atoms with Gasteiger partial charge in [0.15, 0.2) is 0 Å². The number of aliphatic hydroxyl groups excluding tert-OH is 1. The first-order chi connectivity index (χ1) is 14.7. The maximum Gasteiger partial charge on any atom is 0.306 e. The molecular formula is C24H24F2N2O3. The van der Waals surface area contributed by atoms with Gasteiger partial charge in [0.05, 0.1) is 23.9 Å². The van der Waals surface area contributed by atoms with Crippen molar-refractivity contribution in [2.75, 3.05) is 0 Å². The molecule has 31 heavy (non-hydrogen) atoms. The van der Waals surface area contributed by atoms with Crippen LogP contribution in [0.1, 0.15) is 38.9 Å². The average Bonchev–Trinajstić information content (AvgIpc) is 3.09. The summed E-state index contributed by atoms with van der Waals surface area (Å²) in [5.74, 6) is -1.21. The molecule has 0 radical (unpaired) electrons. The molecule has 0 aliphatic rings. The van der Waals surface area contributed by atoms with Gasteiger partial charge in [0, 0.05) is 22.7 Å². The number of nitrogens with zero attached hydrogens (tertiary/aromatic N) is 2. The smallest absolute Gasteiger partial charge is 0.306 e. The van der Waals surface area contributed by atoms with E-state index in [1.54, 1.807) is 31.2 Å². The zero-order valence-electron chi connectivity index (χ0n) is 17.5. The number of aromatic nitrogens is 2. The lowest BCUT2D eigenvalue weighted by Gasteiger charge is -2.16. The standard InChI is InChI=1S/C24H24F2N2O3/c1-14(2)24-27-22(16-4-8-18(25)9-5-16)23(17-6-10-19(26)11-7-17)28(24)15(3)12-20(29)13-21(30)31/h4-12,14,20,29H,13H2,1-3H3,(H,30,31)/b15-12+/t20-/m1/s1. The monoisotopic (exact) mass is 426 g/mol. The van der Waals surface area contributed by atoms with Crippen LogP contribution in [-0.4, -0.2) is 31.8 Å². The maximum absolute atomic E-state index is 13.6. The molecule has 0 bridgehead atoms. The van der Waals surface area contributed by atoms with Gasteiger partial charge in [-0.1, -0.05) is 13.8 Å². The summed E-state index contributed by atoms with van der Waals surface area (Å²) >= 11 is 0. The van der Waals surface area contributed by atoms with Gasteiger partial charge in [-0.15, -0.1) is 0 Å². The third kappa shape index (κ3) is 5.06. The lowest BCUT2D eigenvalue weighted by Crippen LogP contribution is -2.12. The van der Waals surface area contributed by atoms with E-state index in [-0.39, 0.29) is 17.6 Å². The number of carboxylic acid groups (broad SMARTS) is 1.